The monoisotopic (exact) mass is 301 g/mol. The summed E-state index contributed by atoms with van der Waals surface area (Å²) in [6.45, 7) is 0. The number of aromatic nitrogens is 1. The van der Waals surface area contributed by atoms with Crippen LogP contribution in [-0.2, 0) is 11.2 Å². The highest BCUT2D eigenvalue weighted by atomic mass is 32.1. The molecule has 3 nitrogen and oxygen atoms in total. The van der Waals surface area contributed by atoms with Crippen molar-refractivity contribution in [2.24, 2.45) is 0 Å². The normalized spacial score (nSPS) is 10.6. The van der Waals surface area contributed by atoms with Crippen molar-refractivity contribution in [1.29, 1.82) is 0 Å². The molecule has 0 atom stereocenters. The number of rotatable bonds is 4. The zero-order valence-electron chi connectivity index (χ0n) is 10.4. The molecule has 0 saturated carbocycles. The van der Waals surface area contributed by atoms with Gasteiger partial charge in [-0.3, -0.25) is 4.79 Å². The van der Waals surface area contributed by atoms with Crippen LogP contribution in [0.2, 0.25) is 0 Å². The Morgan fingerprint density at radius 2 is 1.95 bits per heavy atom. The van der Waals surface area contributed by atoms with Crippen LogP contribution >= 0.6 is 22.7 Å². The Hall–Kier alpha value is -1.98. The molecule has 0 fully saturated rings. The van der Waals surface area contributed by atoms with E-state index in [4.69, 9.17) is 5.11 Å². The van der Waals surface area contributed by atoms with Gasteiger partial charge in [-0.2, -0.15) is 0 Å². The van der Waals surface area contributed by atoms with E-state index in [1.807, 2.05) is 47.8 Å². The Bertz CT molecular complexity index is 731. The van der Waals surface area contributed by atoms with Crippen LogP contribution in [0, 0.1) is 0 Å². The van der Waals surface area contributed by atoms with Crippen LogP contribution in [-0.4, -0.2) is 16.1 Å². The van der Waals surface area contributed by atoms with Gasteiger partial charge in [0, 0.05) is 15.8 Å². The van der Waals surface area contributed by atoms with Crippen molar-refractivity contribution in [1.82, 2.24) is 4.98 Å². The van der Waals surface area contributed by atoms with Gasteiger partial charge in [-0.15, -0.1) is 22.7 Å². The maximum absolute atomic E-state index is 10.7. The smallest absolute Gasteiger partial charge is 0.308 e. The van der Waals surface area contributed by atoms with Crippen molar-refractivity contribution in [3.63, 3.8) is 0 Å². The van der Waals surface area contributed by atoms with E-state index >= 15 is 0 Å². The summed E-state index contributed by atoms with van der Waals surface area (Å²) in [5.41, 5.74) is 2.02. The fourth-order valence-corrected chi connectivity index (χ4v) is 3.72. The van der Waals surface area contributed by atoms with Gasteiger partial charge in [-0.05, 0) is 12.1 Å². The second kappa shape index (κ2) is 5.56. The Labute approximate surface area is 124 Å². The van der Waals surface area contributed by atoms with E-state index in [9.17, 15) is 4.79 Å². The molecule has 2 heterocycles. The van der Waals surface area contributed by atoms with Gasteiger partial charge >= 0.3 is 5.97 Å². The molecule has 3 aromatic rings. The second-order valence-corrected chi connectivity index (χ2v) is 6.27. The summed E-state index contributed by atoms with van der Waals surface area (Å²) in [5, 5.41) is 11.8. The SMILES string of the molecule is O=C(O)Cc1ccc(-c2csc(-c3ccccc3)n2)s1. The van der Waals surface area contributed by atoms with E-state index in [0.717, 1.165) is 26.0 Å². The van der Waals surface area contributed by atoms with E-state index in [2.05, 4.69) is 4.98 Å². The van der Waals surface area contributed by atoms with Gasteiger partial charge in [0.25, 0.3) is 0 Å². The quantitative estimate of drug-likeness (QED) is 0.787. The summed E-state index contributed by atoms with van der Waals surface area (Å²) < 4.78 is 0. The number of aliphatic carboxylic acids is 1. The molecule has 0 radical (unpaired) electrons. The maximum atomic E-state index is 10.7. The molecule has 0 aliphatic heterocycles. The minimum atomic E-state index is -0.804. The van der Waals surface area contributed by atoms with Crippen LogP contribution in [0.3, 0.4) is 0 Å². The third kappa shape index (κ3) is 2.79. The van der Waals surface area contributed by atoms with Crippen molar-refractivity contribution in [2.75, 3.05) is 0 Å². The van der Waals surface area contributed by atoms with Gasteiger partial charge in [0.1, 0.15) is 5.01 Å². The minimum Gasteiger partial charge on any atom is -0.481 e. The molecule has 0 spiro atoms. The van der Waals surface area contributed by atoms with Crippen molar-refractivity contribution >= 4 is 28.6 Å². The average Bonchev–Trinajstić information content (AvgIpc) is 3.07. The molecular formula is C15H11NO2S2. The number of thiophene rings is 1. The largest absolute Gasteiger partial charge is 0.481 e. The van der Waals surface area contributed by atoms with E-state index in [-0.39, 0.29) is 6.42 Å². The van der Waals surface area contributed by atoms with Crippen LogP contribution in [0.1, 0.15) is 4.88 Å². The Morgan fingerprint density at radius 1 is 1.15 bits per heavy atom. The first-order chi connectivity index (χ1) is 9.72. The van der Waals surface area contributed by atoms with Crippen LogP contribution in [0.5, 0.6) is 0 Å². The second-order valence-electron chi connectivity index (χ2n) is 4.24. The number of nitrogens with zero attached hydrogens (tertiary/aromatic N) is 1. The highest BCUT2D eigenvalue weighted by Crippen LogP contribution is 2.32. The molecule has 1 aromatic carbocycles. The summed E-state index contributed by atoms with van der Waals surface area (Å²) >= 11 is 3.09. The molecule has 20 heavy (non-hydrogen) atoms. The van der Waals surface area contributed by atoms with Crippen molar-refractivity contribution in [2.45, 2.75) is 6.42 Å². The number of hydrogen-bond donors (Lipinski definition) is 1. The first kappa shape index (κ1) is 13.0. The summed E-state index contributed by atoms with van der Waals surface area (Å²) in [6.07, 6.45) is 0.0698. The van der Waals surface area contributed by atoms with E-state index in [1.165, 1.54) is 11.3 Å². The Kier molecular flexibility index (Phi) is 3.62. The maximum Gasteiger partial charge on any atom is 0.308 e. The van der Waals surface area contributed by atoms with Crippen molar-refractivity contribution in [3.05, 3.63) is 52.7 Å². The van der Waals surface area contributed by atoms with Gasteiger partial charge < -0.3 is 5.11 Å². The van der Waals surface area contributed by atoms with Gasteiger partial charge in [-0.25, -0.2) is 4.98 Å². The third-order valence-corrected chi connectivity index (χ3v) is 4.76. The molecule has 1 N–H and O–H groups in total. The minimum absolute atomic E-state index is 0.0698. The summed E-state index contributed by atoms with van der Waals surface area (Å²) in [4.78, 5) is 17.2. The van der Waals surface area contributed by atoms with Crippen LogP contribution in [0.4, 0.5) is 0 Å². The summed E-state index contributed by atoms with van der Waals surface area (Å²) in [5.74, 6) is -0.804. The molecule has 0 aliphatic rings. The number of thiazole rings is 1. The Morgan fingerprint density at radius 3 is 2.70 bits per heavy atom. The first-order valence-electron chi connectivity index (χ1n) is 6.04. The van der Waals surface area contributed by atoms with Crippen LogP contribution < -0.4 is 0 Å². The van der Waals surface area contributed by atoms with E-state index < -0.39 is 5.97 Å². The molecule has 2 aromatic heterocycles. The predicted molar refractivity (Wildman–Crippen MR) is 82.2 cm³/mol. The topological polar surface area (TPSA) is 50.2 Å². The van der Waals surface area contributed by atoms with Crippen LogP contribution in [0.25, 0.3) is 21.1 Å². The number of hydrogen-bond acceptors (Lipinski definition) is 4. The number of carboxylic acids is 1. The lowest BCUT2D eigenvalue weighted by molar-refractivity contribution is -0.136. The van der Waals surface area contributed by atoms with Crippen molar-refractivity contribution < 1.29 is 9.90 Å². The number of carbonyl (C=O) groups is 1. The molecule has 5 heteroatoms. The zero-order chi connectivity index (χ0) is 13.9. The fraction of sp³-hybridized carbons (Fsp3) is 0.0667. The standard InChI is InChI=1S/C15H11NO2S2/c17-14(18)8-11-6-7-13(20-11)12-9-19-15(16-12)10-4-2-1-3-5-10/h1-7,9H,8H2,(H,17,18). The molecule has 0 saturated heterocycles. The lowest BCUT2D eigenvalue weighted by Crippen LogP contribution is -1.96. The van der Waals surface area contributed by atoms with Gasteiger partial charge in [0.15, 0.2) is 0 Å². The van der Waals surface area contributed by atoms with E-state index in [1.54, 1.807) is 11.3 Å². The lowest BCUT2D eigenvalue weighted by Gasteiger charge is -1.94. The number of benzene rings is 1. The average molecular weight is 301 g/mol. The molecule has 0 amide bonds. The molecule has 0 aliphatic carbocycles. The molecular weight excluding hydrogens is 290 g/mol. The molecule has 100 valence electrons. The molecule has 0 bridgehead atoms. The van der Waals surface area contributed by atoms with E-state index in [0.29, 0.717) is 0 Å². The molecule has 3 rings (SSSR count). The highest BCUT2D eigenvalue weighted by molar-refractivity contribution is 7.16. The first-order valence-corrected chi connectivity index (χ1v) is 7.74. The van der Waals surface area contributed by atoms with Crippen LogP contribution in [0.15, 0.2) is 47.8 Å². The Balaban J connectivity index is 1.87. The lowest BCUT2D eigenvalue weighted by atomic mass is 10.2. The highest BCUT2D eigenvalue weighted by Gasteiger charge is 2.10. The third-order valence-electron chi connectivity index (χ3n) is 2.76. The zero-order valence-corrected chi connectivity index (χ0v) is 12.1. The predicted octanol–water partition coefficient (Wildman–Crippen LogP) is 4.17. The fourth-order valence-electron chi connectivity index (χ4n) is 1.86. The summed E-state index contributed by atoms with van der Waals surface area (Å²) in [7, 11) is 0. The summed E-state index contributed by atoms with van der Waals surface area (Å²) in [6, 6.07) is 13.8. The van der Waals surface area contributed by atoms with Gasteiger partial charge in [-0.1, -0.05) is 30.3 Å². The van der Waals surface area contributed by atoms with Crippen molar-refractivity contribution in [3.8, 4) is 21.1 Å². The molecule has 0 unspecified atom stereocenters. The number of carboxylic acid groups (broad SMARTS) is 1. The van der Waals surface area contributed by atoms with Gasteiger partial charge in [0.2, 0.25) is 0 Å². The van der Waals surface area contributed by atoms with Gasteiger partial charge in [0.05, 0.1) is 17.0 Å².